The third kappa shape index (κ3) is 2.23. The summed E-state index contributed by atoms with van der Waals surface area (Å²) in [5.74, 6) is 3.58. The number of unbranched alkanes of at least 4 members (excludes halogenated alkanes) is 1. The summed E-state index contributed by atoms with van der Waals surface area (Å²) < 4.78 is 7.68. The molecular weight excluding hydrogens is 260 g/mol. The van der Waals surface area contributed by atoms with Crippen molar-refractivity contribution >= 4 is 21.8 Å². The van der Waals surface area contributed by atoms with E-state index in [4.69, 9.17) is 11.2 Å². The van der Waals surface area contributed by atoms with Crippen molar-refractivity contribution in [2.75, 3.05) is 7.11 Å². The van der Waals surface area contributed by atoms with Gasteiger partial charge in [-0.1, -0.05) is 0 Å². The molecule has 0 spiro atoms. The van der Waals surface area contributed by atoms with Gasteiger partial charge in [-0.3, -0.25) is 4.98 Å². The van der Waals surface area contributed by atoms with E-state index in [1.807, 2.05) is 12.3 Å². The van der Waals surface area contributed by atoms with E-state index in [0.29, 0.717) is 0 Å². The predicted octanol–water partition coefficient (Wildman–Crippen LogP) is 3.92. The summed E-state index contributed by atoms with van der Waals surface area (Å²) in [5.41, 5.74) is 3.42. The zero-order valence-corrected chi connectivity index (χ0v) is 12.4. The normalized spacial score (nSPS) is 10.9. The van der Waals surface area contributed by atoms with Crippen molar-refractivity contribution < 1.29 is 4.74 Å². The molecule has 3 heteroatoms. The molecule has 0 radical (unpaired) electrons. The number of pyridine rings is 1. The zero-order valence-electron chi connectivity index (χ0n) is 12.4. The molecule has 0 unspecified atom stereocenters. The zero-order chi connectivity index (χ0) is 14.8. The number of benzene rings is 1. The average Bonchev–Trinajstić information content (AvgIpc) is 2.82. The number of methoxy groups -OCH3 is 1. The molecule has 3 aromatic rings. The number of ether oxygens (including phenoxy) is 1. The third-order valence-corrected chi connectivity index (χ3v) is 3.87. The van der Waals surface area contributed by atoms with Gasteiger partial charge in [-0.2, -0.15) is 0 Å². The predicted molar refractivity (Wildman–Crippen MR) is 86.6 cm³/mol. The van der Waals surface area contributed by atoms with Crippen LogP contribution in [0.3, 0.4) is 0 Å². The van der Waals surface area contributed by atoms with Gasteiger partial charge in [0.15, 0.2) is 0 Å². The maximum absolute atomic E-state index is 5.38. The highest BCUT2D eigenvalue weighted by atomic mass is 16.5. The molecule has 106 valence electrons. The molecule has 0 amide bonds. The number of aryl methyl sites for hydroxylation is 2. The van der Waals surface area contributed by atoms with Gasteiger partial charge >= 0.3 is 0 Å². The van der Waals surface area contributed by atoms with E-state index in [0.717, 1.165) is 30.8 Å². The molecule has 2 heterocycles. The third-order valence-electron chi connectivity index (χ3n) is 3.87. The summed E-state index contributed by atoms with van der Waals surface area (Å²) in [6.07, 6.45) is 8.99. The second kappa shape index (κ2) is 5.49. The molecule has 0 N–H and O–H groups in total. The summed E-state index contributed by atoms with van der Waals surface area (Å²) in [6, 6.07) is 8.29. The number of fused-ring (bicyclic) bond motifs is 3. The first kappa shape index (κ1) is 13.5. The maximum Gasteiger partial charge on any atom is 0.120 e. The molecule has 0 fully saturated rings. The van der Waals surface area contributed by atoms with Crippen molar-refractivity contribution in [2.24, 2.45) is 0 Å². The highest BCUT2D eigenvalue weighted by Gasteiger charge is 2.13. The van der Waals surface area contributed by atoms with Crippen LogP contribution in [0.2, 0.25) is 0 Å². The minimum absolute atomic E-state index is 0.782. The van der Waals surface area contributed by atoms with Crippen LogP contribution in [0.4, 0.5) is 0 Å². The van der Waals surface area contributed by atoms with Gasteiger partial charge in [-0.05, 0) is 31.5 Å². The highest BCUT2D eigenvalue weighted by molar-refractivity contribution is 6.09. The van der Waals surface area contributed by atoms with Gasteiger partial charge in [0.05, 0.1) is 23.8 Å². The lowest BCUT2D eigenvalue weighted by atomic mass is 10.1. The first-order chi connectivity index (χ1) is 10.3. The topological polar surface area (TPSA) is 27.1 Å². The maximum atomic E-state index is 5.38. The largest absolute Gasteiger partial charge is 0.497 e. The Balaban J connectivity index is 2.29. The minimum Gasteiger partial charge on any atom is -0.497 e. The second-order valence-electron chi connectivity index (χ2n) is 5.13. The van der Waals surface area contributed by atoms with Crippen LogP contribution in [0.25, 0.3) is 21.8 Å². The Morgan fingerprint density at radius 2 is 2.14 bits per heavy atom. The van der Waals surface area contributed by atoms with Crippen LogP contribution in [-0.4, -0.2) is 16.7 Å². The SMILES string of the molecule is C#CCCCn1c2cc(OC)ccc2c2ccnc(C)c21. The molecule has 21 heavy (non-hydrogen) atoms. The molecule has 0 atom stereocenters. The van der Waals surface area contributed by atoms with E-state index in [1.165, 1.54) is 21.8 Å². The van der Waals surface area contributed by atoms with Gasteiger partial charge in [0.2, 0.25) is 0 Å². The number of hydrogen-bond acceptors (Lipinski definition) is 2. The molecule has 0 aliphatic rings. The van der Waals surface area contributed by atoms with Gasteiger partial charge in [0.25, 0.3) is 0 Å². The van der Waals surface area contributed by atoms with E-state index < -0.39 is 0 Å². The van der Waals surface area contributed by atoms with Crippen LogP contribution in [-0.2, 0) is 6.54 Å². The monoisotopic (exact) mass is 278 g/mol. The first-order valence-corrected chi connectivity index (χ1v) is 7.11. The lowest BCUT2D eigenvalue weighted by molar-refractivity contribution is 0.415. The van der Waals surface area contributed by atoms with Gasteiger partial charge in [0.1, 0.15) is 5.75 Å². The van der Waals surface area contributed by atoms with Crippen molar-refractivity contribution in [3.63, 3.8) is 0 Å². The average molecular weight is 278 g/mol. The van der Waals surface area contributed by atoms with Crippen molar-refractivity contribution in [3.8, 4) is 18.1 Å². The van der Waals surface area contributed by atoms with Crippen LogP contribution in [0, 0.1) is 19.3 Å². The van der Waals surface area contributed by atoms with Crippen molar-refractivity contribution in [3.05, 3.63) is 36.2 Å². The smallest absolute Gasteiger partial charge is 0.120 e. The van der Waals surface area contributed by atoms with Crippen LogP contribution in [0.15, 0.2) is 30.5 Å². The second-order valence-corrected chi connectivity index (χ2v) is 5.13. The Morgan fingerprint density at radius 3 is 2.90 bits per heavy atom. The molecular formula is C18H18N2O. The van der Waals surface area contributed by atoms with Gasteiger partial charge < -0.3 is 9.30 Å². The Bertz CT molecular complexity index is 840. The number of aromatic nitrogens is 2. The van der Waals surface area contributed by atoms with Gasteiger partial charge in [0, 0.05) is 36.0 Å². The summed E-state index contributed by atoms with van der Waals surface area (Å²) in [7, 11) is 1.69. The molecule has 3 rings (SSSR count). The fourth-order valence-electron chi connectivity index (χ4n) is 2.90. The molecule has 0 aliphatic heterocycles. The van der Waals surface area contributed by atoms with E-state index in [2.05, 4.69) is 40.6 Å². The van der Waals surface area contributed by atoms with Crippen LogP contribution in [0.5, 0.6) is 5.75 Å². The van der Waals surface area contributed by atoms with E-state index >= 15 is 0 Å². The molecule has 0 aliphatic carbocycles. The van der Waals surface area contributed by atoms with Crippen LogP contribution >= 0.6 is 0 Å². The summed E-state index contributed by atoms with van der Waals surface area (Å²) >= 11 is 0. The van der Waals surface area contributed by atoms with Gasteiger partial charge in [-0.15, -0.1) is 12.3 Å². The molecule has 1 aromatic carbocycles. The summed E-state index contributed by atoms with van der Waals surface area (Å²) in [4.78, 5) is 4.44. The molecule has 2 aromatic heterocycles. The Kier molecular flexibility index (Phi) is 3.53. The molecule has 0 saturated heterocycles. The summed E-state index contributed by atoms with van der Waals surface area (Å²) in [5, 5.41) is 2.47. The standard InChI is InChI=1S/C18H18N2O/c1-4-5-6-11-20-17-12-14(21-3)7-8-15(17)16-9-10-19-13(2)18(16)20/h1,7-10,12H,5-6,11H2,2-3H3. The lowest BCUT2D eigenvalue weighted by Crippen LogP contribution is -1.99. The van der Waals surface area contributed by atoms with Crippen molar-refractivity contribution in [1.29, 1.82) is 0 Å². The Morgan fingerprint density at radius 1 is 1.29 bits per heavy atom. The number of hydrogen-bond donors (Lipinski definition) is 0. The van der Waals surface area contributed by atoms with E-state index in [1.54, 1.807) is 7.11 Å². The number of nitrogens with zero attached hydrogens (tertiary/aromatic N) is 2. The van der Waals surface area contributed by atoms with E-state index in [-0.39, 0.29) is 0 Å². The van der Waals surface area contributed by atoms with Crippen molar-refractivity contribution in [2.45, 2.75) is 26.3 Å². The number of rotatable bonds is 4. The molecule has 0 saturated carbocycles. The fourth-order valence-corrected chi connectivity index (χ4v) is 2.90. The van der Waals surface area contributed by atoms with Crippen molar-refractivity contribution in [1.82, 2.24) is 9.55 Å². The fraction of sp³-hybridized carbons (Fsp3) is 0.278. The number of terminal acetylenes is 1. The highest BCUT2D eigenvalue weighted by Crippen LogP contribution is 2.32. The lowest BCUT2D eigenvalue weighted by Gasteiger charge is -2.08. The van der Waals surface area contributed by atoms with Crippen LogP contribution in [0.1, 0.15) is 18.5 Å². The van der Waals surface area contributed by atoms with Crippen LogP contribution < -0.4 is 4.74 Å². The quantitative estimate of drug-likeness (QED) is 0.534. The van der Waals surface area contributed by atoms with Gasteiger partial charge in [-0.25, -0.2) is 0 Å². The van der Waals surface area contributed by atoms with E-state index in [9.17, 15) is 0 Å². The molecule has 0 bridgehead atoms. The summed E-state index contributed by atoms with van der Waals surface area (Å²) in [6.45, 7) is 2.94. The minimum atomic E-state index is 0.782. The Hall–Kier alpha value is -2.47. The first-order valence-electron chi connectivity index (χ1n) is 7.11. The molecule has 3 nitrogen and oxygen atoms in total. The Labute approximate surface area is 124 Å².